The summed E-state index contributed by atoms with van der Waals surface area (Å²) in [6.45, 7) is 0. The SMILES string of the molecule is COC(=O)c1cc(C=CC#N)c(-c2cccc(Cl)c2Cl)c(F)c1N. The van der Waals surface area contributed by atoms with Crippen molar-refractivity contribution in [2.24, 2.45) is 0 Å². The Kier molecular flexibility index (Phi) is 5.45. The lowest BCUT2D eigenvalue weighted by Crippen LogP contribution is -2.09. The summed E-state index contributed by atoms with van der Waals surface area (Å²) in [6.07, 6.45) is 2.50. The molecule has 0 aliphatic carbocycles. The van der Waals surface area contributed by atoms with Gasteiger partial charge in [0.15, 0.2) is 5.82 Å². The molecule has 0 fully saturated rings. The summed E-state index contributed by atoms with van der Waals surface area (Å²) in [5.74, 6) is -1.64. The van der Waals surface area contributed by atoms with Crippen molar-refractivity contribution in [1.82, 2.24) is 0 Å². The molecule has 0 amide bonds. The predicted molar refractivity (Wildman–Crippen MR) is 92.3 cm³/mol. The second kappa shape index (κ2) is 7.35. The second-order valence-electron chi connectivity index (χ2n) is 4.67. The molecule has 0 heterocycles. The van der Waals surface area contributed by atoms with Crippen LogP contribution in [0.25, 0.3) is 17.2 Å². The van der Waals surface area contributed by atoms with Crippen LogP contribution in [0.15, 0.2) is 30.3 Å². The Morgan fingerprint density at radius 3 is 2.75 bits per heavy atom. The molecule has 0 atom stereocenters. The first-order valence-corrected chi connectivity index (χ1v) is 7.38. The summed E-state index contributed by atoms with van der Waals surface area (Å²) in [4.78, 5) is 11.8. The topological polar surface area (TPSA) is 76.1 Å². The third-order valence-electron chi connectivity index (χ3n) is 3.30. The average Bonchev–Trinajstić information content (AvgIpc) is 2.58. The zero-order valence-electron chi connectivity index (χ0n) is 12.4. The standard InChI is InChI=1S/C17H11Cl2FN2O2/c1-24-17(23)11-8-9(4-3-7-21)13(15(20)16(11)22)10-5-2-6-12(18)14(10)19/h2-6,8H,22H2,1H3. The van der Waals surface area contributed by atoms with Gasteiger partial charge < -0.3 is 10.5 Å². The Labute approximate surface area is 147 Å². The van der Waals surface area contributed by atoms with E-state index < -0.39 is 11.8 Å². The van der Waals surface area contributed by atoms with E-state index in [1.54, 1.807) is 18.2 Å². The summed E-state index contributed by atoms with van der Waals surface area (Å²) >= 11 is 12.2. The van der Waals surface area contributed by atoms with E-state index in [2.05, 4.69) is 4.74 Å². The van der Waals surface area contributed by atoms with Crippen LogP contribution in [-0.2, 0) is 4.74 Å². The highest BCUT2D eigenvalue weighted by molar-refractivity contribution is 6.43. The van der Waals surface area contributed by atoms with Gasteiger partial charge in [0, 0.05) is 17.2 Å². The Hall–Kier alpha value is -2.55. The molecule has 0 aromatic heterocycles. The summed E-state index contributed by atoms with van der Waals surface area (Å²) in [5.41, 5.74) is 5.80. The van der Waals surface area contributed by atoms with Gasteiger partial charge in [0.05, 0.1) is 34.5 Å². The zero-order valence-corrected chi connectivity index (χ0v) is 14.0. The fourth-order valence-electron chi connectivity index (χ4n) is 2.19. The lowest BCUT2D eigenvalue weighted by Gasteiger charge is -2.15. The highest BCUT2D eigenvalue weighted by atomic mass is 35.5. The first kappa shape index (κ1) is 17.8. The quantitative estimate of drug-likeness (QED) is 0.486. The van der Waals surface area contributed by atoms with Crippen LogP contribution in [0.2, 0.25) is 10.0 Å². The van der Waals surface area contributed by atoms with Crippen LogP contribution >= 0.6 is 23.2 Å². The largest absolute Gasteiger partial charge is 0.465 e. The third-order valence-corrected chi connectivity index (χ3v) is 4.12. The normalized spacial score (nSPS) is 10.6. The summed E-state index contributed by atoms with van der Waals surface area (Å²) in [6, 6.07) is 7.87. The molecule has 2 N–H and O–H groups in total. The van der Waals surface area contributed by atoms with Crippen molar-refractivity contribution in [2.45, 2.75) is 0 Å². The van der Waals surface area contributed by atoms with Crippen molar-refractivity contribution in [3.63, 3.8) is 0 Å². The molecule has 2 aromatic carbocycles. The number of nitrogen functional groups attached to an aromatic ring is 1. The molecular weight excluding hydrogens is 354 g/mol. The molecule has 0 aliphatic heterocycles. The number of anilines is 1. The number of halogens is 3. The molecule has 0 spiro atoms. The van der Waals surface area contributed by atoms with E-state index in [0.29, 0.717) is 5.56 Å². The van der Waals surface area contributed by atoms with E-state index in [1.807, 2.05) is 6.07 Å². The van der Waals surface area contributed by atoms with Crippen molar-refractivity contribution < 1.29 is 13.9 Å². The third kappa shape index (κ3) is 3.21. The molecule has 0 bridgehead atoms. The molecule has 24 heavy (non-hydrogen) atoms. The van der Waals surface area contributed by atoms with E-state index in [0.717, 1.165) is 13.2 Å². The number of hydrogen-bond acceptors (Lipinski definition) is 4. The minimum atomic E-state index is -0.848. The van der Waals surface area contributed by atoms with Crippen molar-refractivity contribution >= 4 is 40.9 Å². The van der Waals surface area contributed by atoms with Crippen molar-refractivity contribution in [2.75, 3.05) is 12.8 Å². The van der Waals surface area contributed by atoms with Crippen LogP contribution in [0, 0.1) is 17.1 Å². The average molecular weight is 365 g/mol. The monoisotopic (exact) mass is 364 g/mol. The Bertz CT molecular complexity index is 889. The number of nitrogens with zero attached hydrogens (tertiary/aromatic N) is 1. The first-order chi connectivity index (χ1) is 11.4. The molecule has 0 saturated carbocycles. The van der Waals surface area contributed by atoms with Gasteiger partial charge in [-0.25, -0.2) is 9.18 Å². The van der Waals surface area contributed by atoms with Gasteiger partial charge in [0.25, 0.3) is 0 Å². The number of nitrogens with two attached hydrogens (primary N) is 1. The first-order valence-electron chi connectivity index (χ1n) is 6.63. The number of rotatable bonds is 3. The van der Waals surface area contributed by atoms with Gasteiger partial charge in [-0.1, -0.05) is 35.3 Å². The van der Waals surface area contributed by atoms with Crippen LogP contribution in [0.1, 0.15) is 15.9 Å². The minimum absolute atomic E-state index is 0.0409. The van der Waals surface area contributed by atoms with Gasteiger partial charge in [0.2, 0.25) is 0 Å². The molecule has 0 saturated heterocycles. The van der Waals surface area contributed by atoms with E-state index in [-0.39, 0.29) is 32.4 Å². The minimum Gasteiger partial charge on any atom is -0.465 e. The number of methoxy groups -OCH3 is 1. The number of benzene rings is 2. The fourth-order valence-corrected chi connectivity index (χ4v) is 2.59. The lowest BCUT2D eigenvalue weighted by atomic mass is 9.94. The number of esters is 1. The molecule has 7 heteroatoms. The Morgan fingerprint density at radius 2 is 2.12 bits per heavy atom. The van der Waals surface area contributed by atoms with Crippen LogP contribution in [0.4, 0.5) is 10.1 Å². The molecule has 0 radical (unpaired) electrons. The number of carbonyl (C=O) groups is 1. The summed E-state index contributed by atoms with van der Waals surface area (Å²) < 4.78 is 19.5. The van der Waals surface area contributed by atoms with Crippen molar-refractivity contribution in [3.8, 4) is 17.2 Å². The molecule has 0 unspecified atom stereocenters. The maximum absolute atomic E-state index is 14.9. The number of carbonyl (C=O) groups excluding carboxylic acids is 1. The highest BCUT2D eigenvalue weighted by Crippen LogP contribution is 2.40. The van der Waals surface area contributed by atoms with Crippen molar-refractivity contribution in [1.29, 1.82) is 5.26 Å². The van der Waals surface area contributed by atoms with Gasteiger partial charge in [0.1, 0.15) is 0 Å². The van der Waals surface area contributed by atoms with E-state index >= 15 is 0 Å². The number of allylic oxidation sites excluding steroid dienone is 1. The number of ether oxygens (including phenoxy) is 1. The predicted octanol–water partition coefficient (Wildman–Crippen LogP) is 4.71. The molecule has 0 aliphatic rings. The summed E-state index contributed by atoms with van der Waals surface area (Å²) in [7, 11) is 1.16. The number of hydrogen-bond donors (Lipinski definition) is 1. The number of nitriles is 1. The maximum atomic E-state index is 14.9. The van der Waals surface area contributed by atoms with Gasteiger partial charge in [-0.2, -0.15) is 5.26 Å². The van der Waals surface area contributed by atoms with Crippen LogP contribution in [0.5, 0.6) is 0 Å². The van der Waals surface area contributed by atoms with Crippen molar-refractivity contribution in [3.05, 3.63) is 57.3 Å². The van der Waals surface area contributed by atoms with Crippen LogP contribution in [0.3, 0.4) is 0 Å². The second-order valence-corrected chi connectivity index (χ2v) is 5.46. The van der Waals surface area contributed by atoms with Gasteiger partial charge >= 0.3 is 5.97 Å². The maximum Gasteiger partial charge on any atom is 0.340 e. The smallest absolute Gasteiger partial charge is 0.340 e. The Balaban J connectivity index is 2.86. The highest BCUT2D eigenvalue weighted by Gasteiger charge is 2.22. The molecular formula is C17H11Cl2FN2O2. The van der Waals surface area contributed by atoms with Gasteiger partial charge in [-0.3, -0.25) is 0 Å². The molecule has 122 valence electrons. The lowest BCUT2D eigenvalue weighted by molar-refractivity contribution is 0.0601. The molecule has 2 aromatic rings. The van der Waals surface area contributed by atoms with Crippen LogP contribution in [-0.4, -0.2) is 13.1 Å². The van der Waals surface area contributed by atoms with E-state index in [4.69, 9.17) is 34.2 Å². The molecule has 4 nitrogen and oxygen atoms in total. The van der Waals surface area contributed by atoms with E-state index in [9.17, 15) is 9.18 Å². The van der Waals surface area contributed by atoms with Gasteiger partial charge in [-0.05, 0) is 23.8 Å². The summed E-state index contributed by atoms with van der Waals surface area (Å²) in [5, 5.41) is 9.11. The molecule has 2 rings (SSSR count). The zero-order chi connectivity index (χ0) is 17.9. The van der Waals surface area contributed by atoms with E-state index in [1.165, 1.54) is 12.1 Å². The fraction of sp³-hybridized carbons (Fsp3) is 0.0588. The van der Waals surface area contributed by atoms with Crippen LogP contribution < -0.4 is 5.73 Å². The Morgan fingerprint density at radius 1 is 1.42 bits per heavy atom. The van der Waals surface area contributed by atoms with Gasteiger partial charge in [-0.15, -0.1) is 0 Å².